The summed E-state index contributed by atoms with van der Waals surface area (Å²) >= 11 is 0. The highest BCUT2D eigenvalue weighted by Crippen LogP contribution is 2.35. The van der Waals surface area contributed by atoms with Gasteiger partial charge in [-0.3, -0.25) is 4.68 Å². The lowest BCUT2D eigenvalue weighted by molar-refractivity contribution is 0.117. The van der Waals surface area contributed by atoms with Gasteiger partial charge >= 0.3 is 0 Å². The molecule has 1 aliphatic rings. The largest absolute Gasteiger partial charge is 0.491 e. The van der Waals surface area contributed by atoms with Crippen LogP contribution in [-0.2, 0) is 7.05 Å². The standard InChI is InChI=1S/C16H17N5O4/c1-21-16-12(6-20-21)15(18-8-19-16)17-5-10(22)7-23-11-2-3-13-14(4-11)25-9-24-13/h2-4,6,8,10,22H,5,7,9H2,1H3,(H,17,18,19)/t10-/m1/s1. The van der Waals surface area contributed by atoms with Crippen molar-refractivity contribution in [3.05, 3.63) is 30.7 Å². The number of nitrogens with one attached hydrogen (secondary N) is 1. The number of aromatic nitrogens is 4. The molecule has 0 fully saturated rings. The SMILES string of the molecule is Cn1ncc2c(NC[C@@H](O)COc3ccc4c(c3)OCO4)ncnc21. The van der Waals surface area contributed by atoms with E-state index in [9.17, 15) is 5.11 Å². The van der Waals surface area contributed by atoms with Crippen LogP contribution in [0.3, 0.4) is 0 Å². The van der Waals surface area contributed by atoms with E-state index >= 15 is 0 Å². The third-order valence-corrected chi connectivity index (χ3v) is 3.82. The topological polar surface area (TPSA) is 104 Å². The van der Waals surface area contributed by atoms with Crippen LogP contribution < -0.4 is 19.5 Å². The lowest BCUT2D eigenvalue weighted by Crippen LogP contribution is -2.26. The van der Waals surface area contributed by atoms with E-state index in [0.29, 0.717) is 23.1 Å². The number of aryl methyl sites for hydroxylation is 1. The number of hydrogen-bond donors (Lipinski definition) is 2. The van der Waals surface area contributed by atoms with Gasteiger partial charge in [-0.2, -0.15) is 5.10 Å². The molecule has 9 nitrogen and oxygen atoms in total. The maximum atomic E-state index is 10.1. The maximum absolute atomic E-state index is 10.1. The number of aliphatic hydroxyl groups excluding tert-OH is 1. The fourth-order valence-corrected chi connectivity index (χ4v) is 2.54. The summed E-state index contributed by atoms with van der Waals surface area (Å²) in [7, 11) is 1.81. The van der Waals surface area contributed by atoms with Gasteiger partial charge in [-0.05, 0) is 12.1 Å². The van der Waals surface area contributed by atoms with E-state index in [1.54, 1.807) is 29.1 Å². The molecule has 9 heteroatoms. The predicted molar refractivity (Wildman–Crippen MR) is 88.9 cm³/mol. The number of aliphatic hydroxyl groups is 1. The Hall–Kier alpha value is -3.07. The molecule has 0 radical (unpaired) electrons. The Morgan fingerprint density at radius 3 is 3.12 bits per heavy atom. The number of ether oxygens (including phenoxy) is 3. The average molecular weight is 343 g/mol. The molecule has 1 aliphatic heterocycles. The van der Waals surface area contributed by atoms with Crippen LogP contribution in [0, 0.1) is 0 Å². The van der Waals surface area contributed by atoms with E-state index in [2.05, 4.69) is 20.4 Å². The Morgan fingerprint density at radius 2 is 2.20 bits per heavy atom. The molecule has 0 unspecified atom stereocenters. The minimum atomic E-state index is -0.716. The molecule has 2 N–H and O–H groups in total. The molecular formula is C16H17N5O4. The summed E-state index contributed by atoms with van der Waals surface area (Å²) in [5, 5.41) is 18.2. The average Bonchev–Trinajstić information content (AvgIpc) is 3.25. The highest BCUT2D eigenvalue weighted by molar-refractivity contribution is 5.85. The fourth-order valence-electron chi connectivity index (χ4n) is 2.54. The van der Waals surface area contributed by atoms with E-state index in [1.807, 2.05) is 7.05 Å². The van der Waals surface area contributed by atoms with Crippen molar-refractivity contribution < 1.29 is 19.3 Å². The first-order valence-electron chi connectivity index (χ1n) is 7.78. The second-order valence-electron chi connectivity index (χ2n) is 5.59. The number of anilines is 1. The molecule has 130 valence electrons. The van der Waals surface area contributed by atoms with E-state index in [-0.39, 0.29) is 19.9 Å². The van der Waals surface area contributed by atoms with Gasteiger partial charge in [0.15, 0.2) is 17.1 Å². The van der Waals surface area contributed by atoms with E-state index in [1.165, 1.54) is 6.33 Å². The Labute approximate surface area is 143 Å². The second-order valence-corrected chi connectivity index (χ2v) is 5.59. The van der Waals surface area contributed by atoms with E-state index in [4.69, 9.17) is 14.2 Å². The summed E-state index contributed by atoms with van der Waals surface area (Å²) < 4.78 is 17.8. The maximum Gasteiger partial charge on any atom is 0.231 e. The molecule has 1 aromatic carbocycles. The van der Waals surface area contributed by atoms with Crippen LogP contribution in [0.1, 0.15) is 0 Å². The van der Waals surface area contributed by atoms with Crippen LogP contribution in [0.5, 0.6) is 17.2 Å². The van der Waals surface area contributed by atoms with Crippen LogP contribution in [0.25, 0.3) is 11.0 Å². The third-order valence-electron chi connectivity index (χ3n) is 3.82. The van der Waals surface area contributed by atoms with Crippen molar-refractivity contribution in [3.63, 3.8) is 0 Å². The van der Waals surface area contributed by atoms with Crippen molar-refractivity contribution in [2.45, 2.75) is 6.10 Å². The molecule has 25 heavy (non-hydrogen) atoms. The van der Waals surface area contributed by atoms with Crippen molar-refractivity contribution in [2.75, 3.05) is 25.3 Å². The van der Waals surface area contributed by atoms with Gasteiger partial charge in [-0.15, -0.1) is 0 Å². The zero-order valence-corrected chi connectivity index (χ0v) is 13.5. The molecule has 4 rings (SSSR count). The summed E-state index contributed by atoms with van der Waals surface area (Å²) in [5.41, 5.74) is 0.726. The molecule has 0 saturated carbocycles. The van der Waals surface area contributed by atoms with Gasteiger partial charge in [0.1, 0.15) is 30.6 Å². The van der Waals surface area contributed by atoms with Crippen LogP contribution >= 0.6 is 0 Å². The molecule has 3 heterocycles. The van der Waals surface area contributed by atoms with E-state index < -0.39 is 6.10 Å². The van der Waals surface area contributed by atoms with Gasteiger partial charge in [0, 0.05) is 19.7 Å². The normalized spacial score (nSPS) is 13.8. The Kier molecular flexibility index (Phi) is 3.98. The first-order chi connectivity index (χ1) is 12.2. The number of fused-ring (bicyclic) bond motifs is 2. The zero-order valence-electron chi connectivity index (χ0n) is 13.5. The molecule has 0 amide bonds. The van der Waals surface area contributed by atoms with Gasteiger partial charge in [0.2, 0.25) is 6.79 Å². The summed E-state index contributed by atoms with van der Waals surface area (Å²) in [4.78, 5) is 8.36. The molecule has 0 saturated heterocycles. The predicted octanol–water partition coefficient (Wildman–Crippen LogP) is 0.944. The third kappa shape index (κ3) is 3.13. The fraction of sp³-hybridized carbons (Fsp3) is 0.312. The quantitative estimate of drug-likeness (QED) is 0.682. The smallest absolute Gasteiger partial charge is 0.231 e. The van der Waals surface area contributed by atoms with Crippen molar-refractivity contribution in [2.24, 2.45) is 7.05 Å². The molecule has 0 aliphatic carbocycles. The number of benzene rings is 1. The first kappa shape index (κ1) is 15.5. The van der Waals surface area contributed by atoms with Crippen molar-refractivity contribution >= 4 is 16.9 Å². The van der Waals surface area contributed by atoms with Crippen LogP contribution in [0.2, 0.25) is 0 Å². The molecule has 0 bridgehead atoms. The number of hydrogen-bond acceptors (Lipinski definition) is 8. The highest BCUT2D eigenvalue weighted by Gasteiger charge is 2.15. The molecular weight excluding hydrogens is 326 g/mol. The monoisotopic (exact) mass is 343 g/mol. The van der Waals surface area contributed by atoms with Crippen LogP contribution in [-0.4, -0.2) is 50.9 Å². The van der Waals surface area contributed by atoms with Gasteiger partial charge in [-0.25, -0.2) is 9.97 Å². The second kappa shape index (κ2) is 6.44. The van der Waals surface area contributed by atoms with Gasteiger partial charge in [0.05, 0.1) is 11.6 Å². The highest BCUT2D eigenvalue weighted by atomic mass is 16.7. The minimum Gasteiger partial charge on any atom is -0.491 e. The lowest BCUT2D eigenvalue weighted by atomic mass is 10.3. The van der Waals surface area contributed by atoms with Gasteiger partial charge in [0.25, 0.3) is 0 Å². The zero-order chi connectivity index (χ0) is 17.2. The van der Waals surface area contributed by atoms with Crippen molar-refractivity contribution in [1.29, 1.82) is 0 Å². The lowest BCUT2D eigenvalue weighted by Gasteiger charge is -2.14. The summed E-state index contributed by atoms with van der Waals surface area (Å²) in [5.74, 6) is 2.57. The summed E-state index contributed by atoms with van der Waals surface area (Å²) in [6, 6.07) is 5.30. The van der Waals surface area contributed by atoms with Crippen molar-refractivity contribution in [1.82, 2.24) is 19.7 Å². The molecule has 2 aromatic heterocycles. The van der Waals surface area contributed by atoms with Crippen LogP contribution in [0.15, 0.2) is 30.7 Å². The number of nitrogens with zero attached hydrogens (tertiary/aromatic N) is 4. The molecule has 0 spiro atoms. The van der Waals surface area contributed by atoms with Gasteiger partial charge in [-0.1, -0.05) is 0 Å². The number of rotatable bonds is 6. The van der Waals surface area contributed by atoms with Gasteiger partial charge < -0.3 is 24.6 Å². The summed E-state index contributed by atoms with van der Waals surface area (Å²) in [6.07, 6.45) is 2.43. The summed E-state index contributed by atoms with van der Waals surface area (Å²) in [6.45, 7) is 0.631. The Bertz CT molecular complexity index is 897. The molecule has 1 atom stereocenters. The first-order valence-corrected chi connectivity index (χ1v) is 7.78. The minimum absolute atomic E-state index is 0.133. The van der Waals surface area contributed by atoms with E-state index in [0.717, 1.165) is 11.0 Å². The Balaban J connectivity index is 1.34. The van der Waals surface area contributed by atoms with Crippen molar-refractivity contribution in [3.8, 4) is 17.2 Å². The van der Waals surface area contributed by atoms with Crippen LogP contribution in [0.4, 0.5) is 5.82 Å². The Morgan fingerprint density at radius 1 is 1.32 bits per heavy atom. The molecule has 3 aromatic rings.